The second-order valence-corrected chi connectivity index (χ2v) is 5.18. The topological polar surface area (TPSA) is 59.1 Å². The van der Waals surface area contributed by atoms with Crippen LogP contribution < -0.4 is 5.73 Å². The van der Waals surface area contributed by atoms with Gasteiger partial charge < -0.3 is 10.8 Å². The molecule has 1 aromatic rings. The van der Waals surface area contributed by atoms with E-state index in [-0.39, 0.29) is 0 Å². The molecule has 1 heterocycles. The van der Waals surface area contributed by atoms with Gasteiger partial charge in [0.1, 0.15) is 0 Å². The normalized spacial score (nSPS) is 19.6. The summed E-state index contributed by atoms with van der Waals surface area (Å²) in [6.45, 7) is 0.318. The standard InChI is InChI=1S/C11H18N2OS/c12-6-9(14)5-11-13-10(7-15-11)8-3-1-2-4-8/h7-9,14H,1-6,12H2. The van der Waals surface area contributed by atoms with Gasteiger partial charge in [-0.05, 0) is 12.8 Å². The van der Waals surface area contributed by atoms with Gasteiger partial charge >= 0.3 is 0 Å². The summed E-state index contributed by atoms with van der Waals surface area (Å²) in [5, 5.41) is 12.6. The summed E-state index contributed by atoms with van der Waals surface area (Å²) < 4.78 is 0. The number of hydrogen-bond donors (Lipinski definition) is 2. The van der Waals surface area contributed by atoms with Gasteiger partial charge in [-0.2, -0.15) is 0 Å². The molecular formula is C11H18N2OS. The highest BCUT2D eigenvalue weighted by molar-refractivity contribution is 7.09. The van der Waals surface area contributed by atoms with Crippen LogP contribution in [0, 0.1) is 0 Å². The van der Waals surface area contributed by atoms with Gasteiger partial charge in [0.25, 0.3) is 0 Å². The first kappa shape index (κ1) is 11.0. The molecule has 2 rings (SSSR count). The zero-order valence-corrected chi connectivity index (χ0v) is 9.67. The Bertz CT molecular complexity index is 307. The van der Waals surface area contributed by atoms with E-state index in [0.29, 0.717) is 18.9 Å². The molecule has 1 saturated carbocycles. The van der Waals surface area contributed by atoms with Crippen LogP contribution >= 0.6 is 11.3 Å². The number of nitrogens with zero attached hydrogens (tertiary/aromatic N) is 1. The van der Waals surface area contributed by atoms with Gasteiger partial charge in [-0.1, -0.05) is 12.8 Å². The quantitative estimate of drug-likeness (QED) is 0.821. The van der Waals surface area contributed by atoms with Crippen molar-refractivity contribution in [3.05, 3.63) is 16.1 Å². The minimum atomic E-state index is -0.437. The number of aromatic nitrogens is 1. The molecule has 1 fully saturated rings. The lowest BCUT2D eigenvalue weighted by Crippen LogP contribution is -2.21. The number of thiazole rings is 1. The van der Waals surface area contributed by atoms with Gasteiger partial charge in [-0.15, -0.1) is 11.3 Å². The molecule has 0 radical (unpaired) electrons. The molecule has 0 aromatic carbocycles. The number of nitrogens with two attached hydrogens (primary N) is 1. The molecule has 1 unspecified atom stereocenters. The molecule has 84 valence electrons. The van der Waals surface area contributed by atoms with Crippen LogP contribution in [-0.4, -0.2) is 22.7 Å². The summed E-state index contributed by atoms with van der Waals surface area (Å²) in [5.41, 5.74) is 6.61. The van der Waals surface area contributed by atoms with Gasteiger partial charge in [0, 0.05) is 24.3 Å². The van der Waals surface area contributed by atoms with Crippen LogP contribution in [0.2, 0.25) is 0 Å². The Morgan fingerprint density at radius 1 is 1.53 bits per heavy atom. The summed E-state index contributed by atoms with van der Waals surface area (Å²) in [6.07, 6.45) is 5.40. The second-order valence-electron chi connectivity index (χ2n) is 4.24. The lowest BCUT2D eigenvalue weighted by molar-refractivity contribution is 0.183. The van der Waals surface area contributed by atoms with E-state index >= 15 is 0 Å². The van der Waals surface area contributed by atoms with Gasteiger partial charge in [0.2, 0.25) is 0 Å². The monoisotopic (exact) mass is 226 g/mol. The molecule has 1 aromatic heterocycles. The van der Waals surface area contributed by atoms with Crippen molar-refractivity contribution in [2.45, 2.75) is 44.1 Å². The Morgan fingerprint density at radius 3 is 2.93 bits per heavy atom. The minimum absolute atomic E-state index is 0.318. The Morgan fingerprint density at radius 2 is 2.27 bits per heavy atom. The van der Waals surface area contributed by atoms with Gasteiger partial charge in [0.15, 0.2) is 0 Å². The zero-order valence-electron chi connectivity index (χ0n) is 8.85. The Kier molecular flexibility index (Phi) is 3.72. The fourth-order valence-corrected chi connectivity index (χ4v) is 3.06. The number of aliphatic hydroxyl groups is 1. The van der Waals surface area contributed by atoms with Crippen molar-refractivity contribution in [2.24, 2.45) is 5.73 Å². The molecule has 3 nitrogen and oxygen atoms in total. The molecule has 15 heavy (non-hydrogen) atoms. The largest absolute Gasteiger partial charge is 0.391 e. The Hall–Kier alpha value is -0.450. The molecule has 0 saturated heterocycles. The molecule has 1 atom stereocenters. The predicted molar refractivity (Wildman–Crippen MR) is 62.1 cm³/mol. The number of hydrogen-bond acceptors (Lipinski definition) is 4. The van der Waals surface area contributed by atoms with Gasteiger partial charge in [0.05, 0.1) is 16.8 Å². The SMILES string of the molecule is NCC(O)Cc1nc(C2CCCC2)cs1. The highest BCUT2D eigenvalue weighted by atomic mass is 32.1. The average Bonchev–Trinajstić information content (AvgIpc) is 2.85. The molecule has 3 N–H and O–H groups in total. The highest BCUT2D eigenvalue weighted by Crippen LogP contribution is 2.34. The van der Waals surface area contributed by atoms with E-state index in [1.54, 1.807) is 11.3 Å². The lowest BCUT2D eigenvalue weighted by atomic mass is 10.1. The summed E-state index contributed by atoms with van der Waals surface area (Å²) in [5.74, 6) is 0.671. The van der Waals surface area contributed by atoms with Crippen LogP contribution in [0.4, 0.5) is 0 Å². The van der Waals surface area contributed by atoms with Crippen LogP contribution in [0.5, 0.6) is 0 Å². The third-order valence-corrected chi connectivity index (χ3v) is 3.91. The molecule has 0 amide bonds. The zero-order chi connectivity index (χ0) is 10.7. The van der Waals surface area contributed by atoms with Crippen molar-refractivity contribution in [2.75, 3.05) is 6.54 Å². The van der Waals surface area contributed by atoms with E-state index in [0.717, 1.165) is 5.01 Å². The molecule has 1 aliphatic rings. The second kappa shape index (κ2) is 5.05. The van der Waals surface area contributed by atoms with E-state index in [1.165, 1.54) is 31.4 Å². The van der Waals surface area contributed by atoms with Crippen molar-refractivity contribution in [3.63, 3.8) is 0 Å². The third kappa shape index (κ3) is 2.77. The maximum atomic E-state index is 9.43. The predicted octanol–water partition coefficient (Wildman–Crippen LogP) is 1.66. The lowest BCUT2D eigenvalue weighted by Gasteiger charge is -2.05. The fraction of sp³-hybridized carbons (Fsp3) is 0.727. The summed E-state index contributed by atoms with van der Waals surface area (Å²) in [7, 11) is 0. The molecule has 0 aliphatic heterocycles. The van der Waals surface area contributed by atoms with Crippen LogP contribution in [-0.2, 0) is 6.42 Å². The summed E-state index contributed by atoms with van der Waals surface area (Å²) in [6, 6.07) is 0. The summed E-state index contributed by atoms with van der Waals surface area (Å²) >= 11 is 1.65. The van der Waals surface area contributed by atoms with Crippen molar-refractivity contribution < 1.29 is 5.11 Å². The van der Waals surface area contributed by atoms with Crippen molar-refractivity contribution in [1.29, 1.82) is 0 Å². The smallest absolute Gasteiger partial charge is 0.0954 e. The van der Waals surface area contributed by atoms with E-state index in [4.69, 9.17) is 5.73 Å². The molecule has 0 spiro atoms. The fourth-order valence-electron chi connectivity index (χ4n) is 2.11. The Labute approximate surface area is 94.3 Å². The maximum Gasteiger partial charge on any atom is 0.0954 e. The van der Waals surface area contributed by atoms with E-state index in [2.05, 4.69) is 10.4 Å². The van der Waals surface area contributed by atoms with Crippen LogP contribution in [0.3, 0.4) is 0 Å². The number of rotatable bonds is 4. The van der Waals surface area contributed by atoms with E-state index in [1.807, 2.05) is 0 Å². The van der Waals surface area contributed by atoms with Gasteiger partial charge in [-0.25, -0.2) is 4.98 Å². The molecule has 4 heteroatoms. The van der Waals surface area contributed by atoms with Crippen LogP contribution in [0.25, 0.3) is 0 Å². The maximum absolute atomic E-state index is 9.43. The first-order valence-corrected chi connectivity index (χ1v) is 6.50. The van der Waals surface area contributed by atoms with E-state index in [9.17, 15) is 5.11 Å². The summed E-state index contributed by atoms with van der Waals surface area (Å²) in [4.78, 5) is 4.58. The van der Waals surface area contributed by atoms with Crippen molar-refractivity contribution >= 4 is 11.3 Å². The highest BCUT2D eigenvalue weighted by Gasteiger charge is 2.19. The first-order chi connectivity index (χ1) is 7.29. The first-order valence-electron chi connectivity index (χ1n) is 5.62. The third-order valence-electron chi connectivity index (χ3n) is 3.03. The molecule has 0 bridgehead atoms. The van der Waals surface area contributed by atoms with Gasteiger partial charge in [-0.3, -0.25) is 0 Å². The van der Waals surface area contributed by atoms with Crippen LogP contribution in [0.15, 0.2) is 5.38 Å². The van der Waals surface area contributed by atoms with Crippen molar-refractivity contribution in [3.8, 4) is 0 Å². The van der Waals surface area contributed by atoms with Crippen molar-refractivity contribution in [1.82, 2.24) is 4.98 Å². The van der Waals surface area contributed by atoms with Crippen LogP contribution in [0.1, 0.15) is 42.3 Å². The Balaban J connectivity index is 1.97. The molecule has 1 aliphatic carbocycles. The minimum Gasteiger partial charge on any atom is -0.391 e. The average molecular weight is 226 g/mol. The number of aliphatic hydroxyl groups excluding tert-OH is 1. The van der Waals surface area contributed by atoms with E-state index < -0.39 is 6.10 Å². The molecular weight excluding hydrogens is 208 g/mol.